The Hall–Kier alpha value is -2.32. The van der Waals surface area contributed by atoms with Crippen LogP contribution in [-0.2, 0) is 9.59 Å². The molecule has 1 aromatic rings. The van der Waals surface area contributed by atoms with Crippen LogP contribution in [0.4, 0.5) is 23.2 Å². The number of amides is 1. The van der Waals surface area contributed by atoms with E-state index in [1.807, 2.05) is 0 Å². The van der Waals surface area contributed by atoms with Crippen molar-refractivity contribution in [2.24, 2.45) is 0 Å². The summed E-state index contributed by atoms with van der Waals surface area (Å²) >= 11 is 0. The summed E-state index contributed by atoms with van der Waals surface area (Å²) in [7, 11) is 0. The third-order valence-electron chi connectivity index (χ3n) is 2.91. The molecule has 0 aromatic heterocycles. The van der Waals surface area contributed by atoms with Gasteiger partial charge in [0.25, 0.3) is 0 Å². The van der Waals surface area contributed by atoms with Gasteiger partial charge >= 0.3 is 12.1 Å². The molecule has 0 aliphatic rings. The van der Waals surface area contributed by atoms with Gasteiger partial charge < -0.3 is 15.2 Å². The number of ether oxygens (including phenoxy) is 1. The minimum absolute atomic E-state index is 0.0344. The molecule has 0 aliphatic carbocycles. The molecular formula is C15H17F4NO4. The molecule has 24 heavy (non-hydrogen) atoms. The van der Waals surface area contributed by atoms with E-state index in [1.165, 1.54) is 6.07 Å². The van der Waals surface area contributed by atoms with Crippen LogP contribution < -0.4 is 10.1 Å². The first-order chi connectivity index (χ1) is 11.2. The Labute approximate surface area is 135 Å². The van der Waals surface area contributed by atoms with Crippen molar-refractivity contribution in [2.75, 3.05) is 11.9 Å². The van der Waals surface area contributed by atoms with Crippen LogP contribution in [-0.4, -0.2) is 29.8 Å². The second-order valence-electron chi connectivity index (χ2n) is 5.00. The summed E-state index contributed by atoms with van der Waals surface area (Å²) in [6.07, 6.45) is -4.97. The summed E-state index contributed by atoms with van der Waals surface area (Å²) in [6.45, 7) is -0.700. The zero-order chi connectivity index (χ0) is 18.2. The summed E-state index contributed by atoms with van der Waals surface area (Å²) in [6, 6.07) is 3.11. The molecule has 5 nitrogen and oxygen atoms in total. The highest BCUT2D eigenvalue weighted by Crippen LogP contribution is 2.27. The Morgan fingerprint density at radius 3 is 2.46 bits per heavy atom. The number of carbonyl (C=O) groups excluding carboxylic acids is 1. The molecule has 134 valence electrons. The highest BCUT2D eigenvalue weighted by Gasteiger charge is 2.27. The zero-order valence-corrected chi connectivity index (χ0v) is 12.7. The molecule has 0 atom stereocenters. The van der Waals surface area contributed by atoms with Crippen LogP contribution in [0, 0.1) is 5.82 Å². The first-order valence-electron chi connectivity index (χ1n) is 7.18. The number of benzene rings is 1. The van der Waals surface area contributed by atoms with Crippen molar-refractivity contribution in [3.8, 4) is 5.75 Å². The number of carboxylic acids is 1. The third kappa shape index (κ3) is 8.35. The second kappa shape index (κ2) is 9.09. The predicted octanol–water partition coefficient (Wildman–Crippen LogP) is 3.74. The lowest BCUT2D eigenvalue weighted by Crippen LogP contribution is -2.15. The van der Waals surface area contributed by atoms with E-state index in [9.17, 15) is 27.2 Å². The molecule has 0 spiro atoms. The monoisotopic (exact) mass is 351 g/mol. The highest BCUT2D eigenvalue weighted by molar-refractivity contribution is 5.92. The Kier molecular flexibility index (Phi) is 7.47. The summed E-state index contributed by atoms with van der Waals surface area (Å²) in [4.78, 5) is 22.1. The Morgan fingerprint density at radius 1 is 1.17 bits per heavy atom. The molecule has 0 aliphatic heterocycles. The molecule has 2 N–H and O–H groups in total. The van der Waals surface area contributed by atoms with Gasteiger partial charge in [0.15, 0.2) is 0 Å². The minimum atomic E-state index is -4.40. The fraction of sp³-hybridized carbons (Fsp3) is 0.467. The van der Waals surface area contributed by atoms with Crippen LogP contribution in [0.3, 0.4) is 0 Å². The minimum Gasteiger partial charge on any atom is -0.491 e. The molecule has 1 aromatic carbocycles. The fourth-order valence-electron chi connectivity index (χ4n) is 1.77. The summed E-state index contributed by atoms with van der Waals surface area (Å²) in [5.41, 5.74) is 0.0572. The number of aliphatic carboxylic acids is 1. The number of hydrogen-bond acceptors (Lipinski definition) is 3. The van der Waals surface area contributed by atoms with Crippen molar-refractivity contribution < 1.29 is 37.0 Å². The third-order valence-corrected chi connectivity index (χ3v) is 2.91. The normalized spacial score (nSPS) is 11.2. The van der Waals surface area contributed by atoms with Gasteiger partial charge in [-0.2, -0.15) is 13.2 Å². The van der Waals surface area contributed by atoms with E-state index in [0.29, 0.717) is 12.8 Å². The van der Waals surface area contributed by atoms with Gasteiger partial charge in [-0.3, -0.25) is 9.59 Å². The molecular weight excluding hydrogens is 334 g/mol. The quantitative estimate of drug-likeness (QED) is 0.525. The molecule has 0 radical (unpaired) electrons. The van der Waals surface area contributed by atoms with Crippen LogP contribution in [0.5, 0.6) is 5.75 Å². The topological polar surface area (TPSA) is 75.6 Å². The number of nitrogens with one attached hydrogen (secondary N) is 1. The Morgan fingerprint density at radius 2 is 1.83 bits per heavy atom. The van der Waals surface area contributed by atoms with E-state index in [2.05, 4.69) is 5.32 Å². The number of halogens is 4. The lowest BCUT2D eigenvalue weighted by atomic mass is 10.2. The zero-order valence-electron chi connectivity index (χ0n) is 12.7. The Balaban J connectivity index is 2.57. The number of alkyl halides is 3. The molecule has 1 rings (SSSR count). The van der Waals surface area contributed by atoms with Crippen LogP contribution in [0.25, 0.3) is 0 Å². The van der Waals surface area contributed by atoms with Gasteiger partial charge in [0.2, 0.25) is 5.91 Å². The maximum Gasteiger partial charge on any atom is 0.392 e. The van der Waals surface area contributed by atoms with Gasteiger partial charge in [-0.1, -0.05) is 0 Å². The predicted molar refractivity (Wildman–Crippen MR) is 77.3 cm³/mol. The molecule has 9 heteroatoms. The van der Waals surface area contributed by atoms with E-state index in [1.54, 1.807) is 0 Å². The molecule has 1 amide bonds. The Bertz CT molecular complexity index is 575. The second-order valence-corrected chi connectivity index (χ2v) is 5.00. The maximum atomic E-state index is 13.2. The fourth-order valence-corrected chi connectivity index (χ4v) is 1.77. The number of hydrogen-bond donors (Lipinski definition) is 2. The first-order valence-corrected chi connectivity index (χ1v) is 7.18. The molecule has 0 heterocycles. The van der Waals surface area contributed by atoms with Crippen molar-refractivity contribution in [2.45, 2.75) is 38.3 Å². The smallest absolute Gasteiger partial charge is 0.392 e. The van der Waals surface area contributed by atoms with Crippen LogP contribution >= 0.6 is 0 Å². The number of carbonyl (C=O) groups is 2. The lowest BCUT2D eigenvalue weighted by Gasteiger charge is -2.13. The lowest BCUT2D eigenvalue weighted by molar-refractivity contribution is -0.139. The van der Waals surface area contributed by atoms with Gasteiger partial charge in [-0.05, 0) is 25.0 Å². The standard InChI is InChI=1S/C15H17F4NO4/c16-10-5-6-11(12(9-10)24-8-7-15(17,18)19)20-13(21)3-1-2-4-14(22)23/h5-6,9H,1-4,7-8H2,(H,20,21)(H,22,23). The first kappa shape index (κ1) is 19.7. The number of unbranched alkanes of at least 4 members (excludes halogenated alkanes) is 1. The molecule has 0 bridgehead atoms. The largest absolute Gasteiger partial charge is 0.491 e. The van der Waals surface area contributed by atoms with Crippen molar-refractivity contribution in [1.29, 1.82) is 0 Å². The molecule has 0 fully saturated rings. The number of rotatable bonds is 9. The van der Waals surface area contributed by atoms with Gasteiger partial charge in [-0.15, -0.1) is 0 Å². The molecule has 0 saturated heterocycles. The van der Waals surface area contributed by atoms with Gasteiger partial charge in [0.05, 0.1) is 18.7 Å². The van der Waals surface area contributed by atoms with Crippen molar-refractivity contribution in [3.05, 3.63) is 24.0 Å². The van der Waals surface area contributed by atoms with Crippen molar-refractivity contribution >= 4 is 17.6 Å². The van der Waals surface area contributed by atoms with Gasteiger partial charge in [0.1, 0.15) is 11.6 Å². The SMILES string of the molecule is O=C(O)CCCCC(=O)Nc1ccc(F)cc1OCCC(F)(F)F. The van der Waals surface area contributed by atoms with Crippen LogP contribution in [0.2, 0.25) is 0 Å². The van der Waals surface area contributed by atoms with E-state index in [0.717, 1.165) is 12.1 Å². The summed E-state index contributed by atoms with van der Waals surface area (Å²) in [5.74, 6) is -2.34. The summed E-state index contributed by atoms with van der Waals surface area (Å²) < 4.78 is 54.4. The van der Waals surface area contributed by atoms with Crippen LogP contribution in [0.15, 0.2) is 18.2 Å². The average molecular weight is 351 g/mol. The average Bonchev–Trinajstić information content (AvgIpc) is 2.45. The maximum absolute atomic E-state index is 13.2. The van der Waals surface area contributed by atoms with Crippen molar-refractivity contribution in [3.63, 3.8) is 0 Å². The van der Waals surface area contributed by atoms with E-state index < -0.39 is 36.9 Å². The van der Waals surface area contributed by atoms with Crippen LogP contribution in [0.1, 0.15) is 32.1 Å². The summed E-state index contributed by atoms with van der Waals surface area (Å²) in [5, 5.41) is 10.9. The number of carboxylic acid groups (broad SMARTS) is 1. The molecule has 0 unspecified atom stereocenters. The molecule has 0 saturated carbocycles. The number of anilines is 1. The van der Waals surface area contributed by atoms with Gasteiger partial charge in [0, 0.05) is 18.9 Å². The van der Waals surface area contributed by atoms with Crippen molar-refractivity contribution in [1.82, 2.24) is 0 Å². The highest BCUT2D eigenvalue weighted by atomic mass is 19.4. The van der Waals surface area contributed by atoms with E-state index in [-0.39, 0.29) is 24.3 Å². The van der Waals surface area contributed by atoms with E-state index in [4.69, 9.17) is 9.84 Å². The van der Waals surface area contributed by atoms with E-state index >= 15 is 0 Å². The van der Waals surface area contributed by atoms with Gasteiger partial charge in [-0.25, -0.2) is 4.39 Å².